The van der Waals surface area contributed by atoms with E-state index in [-0.39, 0.29) is 49.4 Å². The number of carbonyl (C=O) groups is 4. The van der Waals surface area contributed by atoms with E-state index >= 15 is 0 Å². The smallest absolute Gasteiger partial charge is 0.407 e. The number of rotatable bonds is 5. The minimum absolute atomic E-state index is 0.0168. The maximum Gasteiger partial charge on any atom is 0.407 e. The van der Waals surface area contributed by atoms with E-state index in [1.54, 1.807) is 18.2 Å². The van der Waals surface area contributed by atoms with Crippen LogP contribution in [0.2, 0.25) is 0 Å². The molecule has 0 spiro atoms. The van der Waals surface area contributed by atoms with Crippen molar-refractivity contribution < 1.29 is 29.0 Å². The molecular weight excluding hydrogens is 388 g/mol. The number of Topliss-reactive ketones (excluding diaryl/α,β-unsaturated/α-hetero) is 1. The van der Waals surface area contributed by atoms with Crippen LogP contribution >= 0.6 is 0 Å². The summed E-state index contributed by atoms with van der Waals surface area (Å²) in [7, 11) is 0. The van der Waals surface area contributed by atoms with E-state index in [1.807, 2.05) is 30.3 Å². The summed E-state index contributed by atoms with van der Waals surface area (Å²) in [6.45, 7) is 0.138. The molecule has 1 atom stereocenters. The highest BCUT2D eigenvalue weighted by Crippen LogP contribution is 2.32. The molecule has 30 heavy (non-hydrogen) atoms. The quantitative estimate of drug-likeness (QED) is 0.763. The number of carboxylic acid groups (broad SMARTS) is 1. The molecule has 0 bridgehead atoms. The fraction of sp³-hybridized carbons (Fsp3) is 0.273. The molecule has 2 aliphatic heterocycles. The molecule has 154 valence electrons. The fourth-order valence-corrected chi connectivity index (χ4v) is 3.85. The Morgan fingerprint density at radius 2 is 1.80 bits per heavy atom. The number of hydrogen-bond acceptors (Lipinski definition) is 5. The zero-order valence-corrected chi connectivity index (χ0v) is 16.1. The van der Waals surface area contributed by atoms with Crippen molar-refractivity contribution in [3.8, 4) is 5.75 Å². The van der Waals surface area contributed by atoms with Crippen LogP contribution in [0.25, 0.3) is 0 Å². The molecule has 0 aromatic heterocycles. The van der Waals surface area contributed by atoms with Gasteiger partial charge in [0.05, 0.1) is 23.7 Å². The van der Waals surface area contributed by atoms with Crippen LogP contribution in [0.1, 0.15) is 39.1 Å². The Morgan fingerprint density at radius 3 is 2.53 bits per heavy atom. The number of imide groups is 1. The molecule has 4 rings (SSSR count). The van der Waals surface area contributed by atoms with Gasteiger partial charge in [0.15, 0.2) is 0 Å². The number of amides is 3. The van der Waals surface area contributed by atoms with Crippen molar-refractivity contribution in [2.24, 2.45) is 0 Å². The van der Waals surface area contributed by atoms with E-state index in [9.17, 15) is 24.3 Å². The van der Waals surface area contributed by atoms with Gasteiger partial charge in [-0.15, -0.1) is 0 Å². The van der Waals surface area contributed by atoms with Crippen molar-refractivity contribution in [2.45, 2.75) is 25.5 Å². The van der Waals surface area contributed by atoms with E-state index in [1.165, 1.54) is 0 Å². The van der Waals surface area contributed by atoms with Crippen LogP contribution in [0.5, 0.6) is 5.75 Å². The molecule has 2 aromatic carbocycles. The monoisotopic (exact) mass is 408 g/mol. The van der Waals surface area contributed by atoms with Crippen LogP contribution < -0.4 is 4.74 Å². The SMILES string of the molecule is O=C1CCN(C(=O)O)C(CN2C(=O)c3cccc(OCc4ccccc4)c3C2=O)C1. The molecule has 1 unspecified atom stereocenters. The standard InChI is InChI=1S/C22H20N2O6/c25-16-9-10-23(22(28)29)15(11-16)12-24-20(26)17-7-4-8-18(19(17)21(24)27)30-13-14-5-2-1-3-6-14/h1-8,15H,9-13H2,(H,28,29). The van der Waals surface area contributed by atoms with Crippen LogP contribution in [0.3, 0.4) is 0 Å². The first kappa shape index (κ1) is 19.6. The van der Waals surface area contributed by atoms with Gasteiger partial charge in [-0.3, -0.25) is 19.3 Å². The summed E-state index contributed by atoms with van der Waals surface area (Å²) in [5.74, 6) is -0.835. The zero-order chi connectivity index (χ0) is 21.3. The predicted molar refractivity (Wildman–Crippen MR) is 105 cm³/mol. The van der Waals surface area contributed by atoms with Gasteiger partial charge in [0.1, 0.15) is 18.1 Å². The first-order valence-electron chi connectivity index (χ1n) is 9.63. The minimum atomic E-state index is -1.17. The maximum atomic E-state index is 13.0. The van der Waals surface area contributed by atoms with Gasteiger partial charge in [-0.1, -0.05) is 36.4 Å². The number of benzene rings is 2. The average Bonchev–Trinajstić information content (AvgIpc) is 2.98. The summed E-state index contributed by atoms with van der Waals surface area (Å²) >= 11 is 0. The molecule has 2 aromatic rings. The number of piperidine rings is 1. The van der Waals surface area contributed by atoms with E-state index in [0.717, 1.165) is 15.4 Å². The third-order valence-corrected chi connectivity index (χ3v) is 5.37. The van der Waals surface area contributed by atoms with Crippen molar-refractivity contribution in [2.75, 3.05) is 13.1 Å². The lowest BCUT2D eigenvalue weighted by Gasteiger charge is -2.34. The molecule has 0 saturated carbocycles. The third kappa shape index (κ3) is 3.63. The van der Waals surface area contributed by atoms with Gasteiger partial charge in [0.25, 0.3) is 11.8 Å². The van der Waals surface area contributed by atoms with E-state index in [0.29, 0.717) is 5.75 Å². The molecule has 8 nitrogen and oxygen atoms in total. The Kier molecular flexibility index (Phi) is 5.22. The molecule has 0 radical (unpaired) electrons. The zero-order valence-electron chi connectivity index (χ0n) is 16.1. The second-order valence-corrected chi connectivity index (χ2v) is 7.30. The van der Waals surface area contributed by atoms with Crippen LogP contribution in [0.4, 0.5) is 4.79 Å². The molecule has 8 heteroatoms. The van der Waals surface area contributed by atoms with E-state index in [2.05, 4.69) is 0 Å². The molecule has 0 aliphatic carbocycles. The van der Waals surface area contributed by atoms with E-state index in [4.69, 9.17) is 4.74 Å². The molecule has 1 N–H and O–H groups in total. The molecule has 2 heterocycles. The fourth-order valence-electron chi connectivity index (χ4n) is 3.85. The number of hydrogen-bond donors (Lipinski definition) is 1. The van der Waals surface area contributed by atoms with Gasteiger partial charge >= 0.3 is 6.09 Å². The number of nitrogens with zero attached hydrogens (tertiary/aromatic N) is 2. The molecule has 3 amide bonds. The Hall–Kier alpha value is -3.68. The predicted octanol–water partition coefficient (Wildman–Crippen LogP) is 2.57. The lowest BCUT2D eigenvalue weighted by atomic mass is 10.0. The number of likely N-dealkylation sites (tertiary alicyclic amines) is 1. The summed E-state index contributed by atoms with van der Waals surface area (Å²) < 4.78 is 5.81. The lowest BCUT2D eigenvalue weighted by molar-refractivity contribution is -0.122. The van der Waals surface area contributed by atoms with Gasteiger partial charge in [-0.25, -0.2) is 4.79 Å². The molecule has 1 saturated heterocycles. The number of carbonyl (C=O) groups excluding carboxylic acids is 3. The highest BCUT2D eigenvalue weighted by molar-refractivity contribution is 6.22. The van der Waals surface area contributed by atoms with E-state index < -0.39 is 23.9 Å². The summed E-state index contributed by atoms with van der Waals surface area (Å²) in [6.07, 6.45) is -1.05. The van der Waals surface area contributed by atoms with Gasteiger partial charge in [0.2, 0.25) is 0 Å². The van der Waals surface area contributed by atoms with Crippen molar-refractivity contribution in [1.29, 1.82) is 0 Å². The Balaban J connectivity index is 1.55. The second kappa shape index (κ2) is 7.98. The number of ketones is 1. The number of ether oxygens (including phenoxy) is 1. The second-order valence-electron chi connectivity index (χ2n) is 7.30. The summed E-state index contributed by atoms with van der Waals surface area (Å²) in [5.41, 5.74) is 1.30. The van der Waals surface area contributed by atoms with Gasteiger partial charge in [0, 0.05) is 19.4 Å². The molecule has 2 aliphatic rings. The highest BCUT2D eigenvalue weighted by Gasteiger charge is 2.41. The minimum Gasteiger partial charge on any atom is -0.488 e. The first-order chi connectivity index (χ1) is 14.5. The lowest BCUT2D eigenvalue weighted by Crippen LogP contribution is -2.52. The molecule has 1 fully saturated rings. The van der Waals surface area contributed by atoms with Crippen molar-refractivity contribution in [3.05, 3.63) is 65.2 Å². The number of fused-ring (bicyclic) bond motifs is 1. The van der Waals surface area contributed by atoms with Gasteiger partial charge in [-0.05, 0) is 17.7 Å². The topological polar surface area (TPSA) is 104 Å². The summed E-state index contributed by atoms with van der Waals surface area (Å²) in [6, 6.07) is 13.5. The van der Waals surface area contributed by atoms with Crippen LogP contribution in [0.15, 0.2) is 48.5 Å². The van der Waals surface area contributed by atoms with Gasteiger partial charge in [-0.2, -0.15) is 0 Å². The average molecular weight is 408 g/mol. The van der Waals surface area contributed by atoms with Crippen molar-refractivity contribution >= 4 is 23.7 Å². The molecular formula is C22H20N2O6. The largest absolute Gasteiger partial charge is 0.488 e. The Bertz CT molecular complexity index is 1020. The maximum absolute atomic E-state index is 13.0. The summed E-state index contributed by atoms with van der Waals surface area (Å²) in [5, 5.41) is 9.40. The van der Waals surface area contributed by atoms with Crippen molar-refractivity contribution in [3.63, 3.8) is 0 Å². The normalized spacial score (nSPS) is 18.5. The van der Waals surface area contributed by atoms with Crippen LogP contribution in [-0.4, -0.2) is 57.7 Å². The Labute approximate surface area is 172 Å². The third-order valence-electron chi connectivity index (χ3n) is 5.37. The van der Waals surface area contributed by atoms with Crippen molar-refractivity contribution in [1.82, 2.24) is 9.80 Å². The van der Waals surface area contributed by atoms with Crippen LogP contribution in [-0.2, 0) is 11.4 Å². The van der Waals surface area contributed by atoms with Gasteiger partial charge < -0.3 is 14.7 Å². The van der Waals surface area contributed by atoms with Crippen LogP contribution in [0, 0.1) is 0 Å². The summed E-state index contributed by atoms with van der Waals surface area (Å²) in [4.78, 5) is 51.4. The first-order valence-corrected chi connectivity index (χ1v) is 9.63. The Morgan fingerprint density at radius 1 is 1.03 bits per heavy atom. The highest BCUT2D eigenvalue weighted by atomic mass is 16.5.